The number of benzene rings is 13. The van der Waals surface area contributed by atoms with Crippen LogP contribution in [-0.4, -0.2) is 29.9 Å². The molecule has 6 nitrogen and oxygen atoms in total. The summed E-state index contributed by atoms with van der Waals surface area (Å²) in [6.45, 7) is 13.4. The summed E-state index contributed by atoms with van der Waals surface area (Å²) in [5, 5.41) is 0. The summed E-state index contributed by atoms with van der Waals surface area (Å²) < 4.78 is 0. The van der Waals surface area contributed by atoms with E-state index in [1.165, 1.54) is 11.1 Å². The van der Waals surface area contributed by atoms with E-state index < -0.39 is 0 Å². The van der Waals surface area contributed by atoms with Gasteiger partial charge in [-0.3, -0.25) is 12.1 Å². The first-order valence-corrected chi connectivity index (χ1v) is 39.2. The Kier molecular flexibility index (Phi) is 22.9. The molecule has 0 unspecified atom stereocenters. The van der Waals surface area contributed by atoms with Gasteiger partial charge in [0.25, 0.3) is 0 Å². The average Bonchev–Trinajstić information content (AvgIpc) is 0.769. The van der Waals surface area contributed by atoms with E-state index in [4.69, 9.17) is 19.9 Å². The van der Waals surface area contributed by atoms with Gasteiger partial charge in [-0.25, -0.2) is 17.7 Å². The van der Waals surface area contributed by atoms with Crippen LogP contribution in [0.15, 0.2) is 365 Å². The largest absolute Gasteiger partial charge is 3.00 e. The van der Waals surface area contributed by atoms with Crippen LogP contribution in [0.3, 0.4) is 0 Å². The monoisotopic (exact) mass is 1870 g/mol. The summed E-state index contributed by atoms with van der Waals surface area (Å²) in [5.74, 6) is 0.520. The molecule has 0 amide bonds. The van der Waals surface area contributed by atoms with Crippen LogP contribution in [0.4, 0.5) is 0 Å². The van der Waals surface area contributed by atoms with E-state index in [1.807, 2.05) is 85.7 Å². The Labute approximate surface area is 719 Å². The van der Waals surface area contributed by atoms with Gasteiger partial charge < -0.3 is 29.9 Å². The van der Waals surface area contributed by atoms with Crippen LogP contribution >= 0.6 is 0 Å². The van der Waals surface area contributed by atoms with Gasteiger partial charge in [-0.05, 0) is 184 Å². The van der Waals surface area contributed by atoms with Crippen LogP contribution < -0.4 is 0 Å². The van der Waals surface area contributed by atoms with Gasteiger partial charge in [0.05, 0.1) is 0 Å². The Morgan fingerprint density at radius 2 is 0.449 bits per heavy atom. The summed E-state index contributed by atoms with van der Waals surface area (Å²) in [5.41, 5.74) is 35.7. The van der Waals surface area contributed by atoms with E-state index in [9.17, 15) is 0 Å². The molecule has 0 saturated carbocycles. The predicted octanol–water partition coefficient (Wildman–Crippen LogP) is 27.8. The molecule has 0 spiro atoms. The maximum Gasteiger partial charge on any atom is 3.00 e. The Morgan fingerprint density at radius 1 is 0.203 bits per heavy atom. The van der Waals surface area contributed by atoms with Crippen LogP contribution in [-0.2, 0) is 51.0 Å². The minimum Gasteiger partial charge on any atom is -0.332 e. The van der Waals surface area contributed by atoms with Gasteiger partial charge >= 0.3 is 40.2 Å². The minimum atomic E-state index is -0.0159. The average molecular weight is 1870 g/mol. The third kappa shape index (κ3) is 16.7. The van der Waals surface area contributed by atoms with Crippen LogP contribution in [0.1, 0.15) is 52.7 Å². The fraction of sp³-hybridized carbons (Fsp3) is 0.0727. The van der Waals surface area contributed by atoms with Gasteiger partial charge in [0, 0.05) is 42.7 Å². The molecule has 0 saturated heterocycles. The first-order valence-electron chi connectivity index (χ1n) is 39.2. The maximum atomic E-state index is 5.10. The van der Waals surface area contributed by atoms with Crippen molar-refractivity contribution in [1.82, 2.24) is 29.9 Å². The molecule has 0 aliphatic heterocycles. The zero-order chi connectivity index (χ0) is 78.7. The molecule has 0 N–H and O–H groups in total. The third-order valence-corrected chi connectivity index (χ3v) is 21.7. The molecule has 18 aromatic rings. The summed E-state index contributed by atoms with van der Waals surface area (Å²) in [6, 6.07) is 138. The Bertz CT molecular complexity index is 6290. The summed E-state index contributed by atoms with van der Waals surface area (Å²) >= 11 is 0. The van der Waals surface area contributed by atoms with Gasteiger partial charge in [-0.15, -0.1) is 119 Å². The van der Waals surface area contributed by atoms with Crippen LogP contribution in [0.25, 0.3) is 190 Å². The van der Waals surface area contributed by atoms with E-state index >= 15 is 0 Å². The molecule has 0 radical (unpaired) electrons. The fourth-order valence-corrected chi connectivity index (χ4v) is 15.5. The Hall–Kier alpha value is -13.2. The van der Waals surface area contributed by atoms with Crippen molar-refractivity contribution in [3.8, 4) is 190 Å². The van der Waals surface area contributed by atoms with Crippen molar-refractivity contribution in [1.29, 1.82) is 0 Å². The van der Waals surface area contributed by atoms with Crippen molar-refractivity contribution in [2.45, 2.75) is 52.4 Å². The fourth-order valence-electron chi connectivity index (χ4n) is 15.5. The molecule has 8 heteroatoms. The Balaban J connectivity index is 0.00000520. The molecule has 5 heterocycles. The topological polar surface area (TPSA) is 77.3 Å². The molecule has 566 valence electrons. The van der Waals surface area contributed by atoms with Crippen molar-refractivity contribution in [3.63, 3.8) is 0 Å². The van der Waals surface area contributed by atoms with Crippen LogP contribution in [0.5, 0.6) is 0 Å². The second kappa shape index (κ2) is 34.3. The van der Waals surface area contributed by atoms with Gasteiger partial charge in [-0.1, -0.05) is 274 Å². The maximum absolute atomic E-state index is 5.10. The number of nitrogens with zero attached hydrogens (tertiary/aromatic N) is 6. The summed E-state index contributed by atoms with van der Waals surface area (Å²) in [7, 11) is 0. The van der Waals surface area contributed by atoms with E-state index in [1.54, 1.807) is 0 Å². The quantitative estimate of drug-likeness (QED) is 0.0846. The zero-order valence-electron chi connectivity index (χ0n) is 66.0. The van der Waals surface area contributed by atoms with Crippen molar-refractivity contribution >= 4 is 0 Å². The molecule has 5 aromatic heterocycles. The number of hydrogen-bond acceptors (Lipinski definition) is 6. The van der Waals surface area contributed by atoms with Crippen molar-refractivity contribution in [3.05, 3.63) is 412 Å². The summed E-state index contributed by atoms with van der Waals surface area (Å²) in [6.07, 6.45) is 11.3. The molecular formula is C110H78Ir2N6. The molecular weight excluding hydrogens is 1790 g/mol. The van der Waals surface area contributed by atoms with Gasteiger partial charge in [0.2, 0.25) is 0 Å². The Morgan fingerprint density at radius 3 is 0.712 bits per heavy atom. The number of aromatic nitrogens is 6. The molecule has 13 aromatic carbocycles. The van der Waals surface area contributed by atoms with E-state index in [-0.39, 0.29) is 51.0 Å². The zero-order valence-corrected chi connectivity index (χ0v) is 70.8. The smallest absolute Gasteiger partial charge is 0.332 e. The molecule has 0 aliphatic carbocycles. The number of pyridine rings is 4. The number of hydrogen-bond donors (Lipinski definition) is 0. The van der Waals surface area contributed by atoms with Gasteiger partial charge in [0.15, 0.2) is 0 Å². The first kappa shape index (κ1) is 78.7. The van der Waals surface area contributed by atoms with Crippen LogP contribution in [0.2, 0.25) is 0 Å². The van der Waals surface area contributed by atoms with E-state index in [2.05, 4.69) is 367 Å². The second-order valence-electron chi connectivity index (χ2n) is 31.3. The van der Waals surface area contributed by atoms with E-state index in [0.717, 1.165) is 179 Å². The van der Waals surface area contributed by atoms with Gasteiger partial charge in [-0.2, -0.15) is 5.56 Å². The first-order chi connectivity index (χ1) is 56.7. The van der Waals surface area contributed by atoms with Gasteiger partial charge in [0.1, 0.15) is 0 Å². The third-order valence-electron chi connectivity index (χ3n) is 21.7. The van der Waals surface area contributed by atoms with Crippen LogP contribution in [0, 0.1) is 36.4 Å². The molecule has 0 bridgehead atoms. The molecule has 0 aliphatic rings. The second-order valence-corrected chi connectivity index (χ2v) is 31.3. The molecule has 0 atom stereocenters. The van der Waals surface area contributed by atoms with Crippen molar-refractivity contribution in [2.24, 2.45) is 0 Å². The molecule has 118 heavy (non-hydrogen) atoms. The standard InChI is InChI=1S/C110H78N6.2Ir/c1-109(2,3)90-57-61-113-106(69-90)80-51-41-75(42-52-80)94-25-9-14-28-97(94)83-63-84(98-29-15-10-26-95(98)76-43-53-81(54-44-76)107-70-91(58-62-114-107)110(4,5)6)65-85(64-83)101-32-16-11-27-96(101)77-45-55-82(56-46-77)108-115-71-89(72-116-108)103-34-18-17-33-102(103)88-67-86(99-30-12-7-23-92(99)73-37-47-78(48-38-73)104-35-19-21-59-111-104)66-87(68-88)100-31-13-8-24-93(100)74-39-49-79(50-40-74)105-36-20-22-60-112-105;;/h7-47,49,51,53,57-72H,1-6H3;;/q-6;2*+3. The minimum absolute atomic E-state index is 0. The van der Waals surface area contributed by atoms with Crippen molar-refractivity contribution in [2.75, 3.05) is 0 Å². The number of rotatable bonds is 17. The SMILES string of the molecule is CC(C)(C)c1ccnc(-c2[c-]cc(-c3ccccc3-c3cc(-c4ccccc4-c4c[c-]c(-c5ncc(-c6ccccc6-c6cc(-c7ccccc7-c7c[c-]c(-c8ccccn8)cc7)cc(-c7ccccc7-c7c[c-]c(-c8ccccn8)cc7)c6)cn5)[c-]c4)cc(-c4ccccc4-c4c[c-]c(-c5cc(C(C)(C)C)ccn5)cc4)c3)cc2)c1.[Ir+3].[Ir+3]. The normalized spacial score (nSPS) is 11.3. The summed E-state index contributed by atoms with van der Waals surface area (Å²) in [4.78, 5) is 29.0. The predicted molar refractivity (Wildman–Crippen MR) is 476 cm³/mol. The molecule has 18 rings (SSSR count). The molecule has 0 fully saturated rings. The van der Waals surface area contributed by atoms with E-state index in [0.29, 0.717) is 11.4 Å². The van der Waals surface area contributed by atoms with Crippen molar-refractivity contribution < 1.29 is 40.2 Å².